The molecule has 0 saturated heterocycles. The summed E-state index contributed by atoms with van der Waals surface area (Å²) in [5, 5.41) is 7.02. The lowest BCUT2D eigenvalue weighted by atomic mass is 10.2. The van der Waals surface area contributed by atoms with E-state index in [1.165, 1.54) is 6.33 Å². The molecule has 0 saturated carbocycles. The Morgan fingerprint density at radius 2 is 2.00 bits per heavy atom. The minimum absolute atomic E-state index is 0.0566. The smallest absolute Gasteiger partial charge is 0.226 e. The molecule has 0 unspecified atom stereocenters. The van der Waals surface area contributed by atoms with Crippen molar-refractivity contribution in [2.24, 2.45) is 0 Å². The van der Waals surface area contributed by atoms with Crippen molar-refractivity contribution in [2.45, 2.75) is 13.0 Å². The molecule has 0 bridgehead atoms. The first kappa shape index (κ1) is 13.9. The van der Waals surface area contributed by atoms with Crippen molar-refractivity contribution in [1.82, 2.24) is 19.7 Å². The largest absolute Gasteiger partial charge is 0.326 e. The van der Waals surface area contributed by atoms with Crippen molar-refractivity contribution < 1.29 is 4.79 Å². The number of carbonyl (C=O) groups excluding carboxylic acids is 1. The fourth-order valence-corrected chi connectivity index (χ4v) is 2.10. The fraction of sp³-hybridized carbons (Fsp3) is 0.125. The highest BCUT2D eigenvalue weighted by atomic mass is 16.1. The second-order valence-corrected chi connectivity index (χ2v) is 4.71. The van der Waals surface area contributed by atoms with Gasteiger partial charge in [0.05, 0.1) is 6.54 Å². The molecule has 2 aromatic heterocycles. The molecule has 1 aromatic carbocycles. The summed E-state index contributed by atoms with van der Waals surface area (Å²) < 4.78 is 1.71. The predicted molar refractivity (Wildman–Crippen MR) is 82.9 cm³/mol. The molecule has 22 heavy (non-hydrogen) atoms. The maximum Gasteiger partial charge on any atom is 0.226 e. The highest BCUT2D eigenvalue weighted by molar-refractivity contribution is 5.90. The molecule has 1 N–H and O–H groups in total. The van der Waals surface area contributed by atoms with Gasteiger partial charge in [-0.2, -0.15) is 5.10 Å². The number of nitrogens with one attached hydrogen (secondary N) is 1. The molecule has 0 fully saturated rings. The summed E-state index contributed by atoms with van der Waals surface area (Å²) in [6, 6.07) is 13.1. The van der Waals surface area contributed by atoms with Gasteiger partial charge in [-0.25, -0.2) is 9.67 Å². The molecule has 0 atom stereocenters. The van der Waals surface area contributed by atoms with Crippen LogP contribution in [0.1, 0.15) is 6.42 Å². The SMILES string of the molecule is O=C(CCn1ncnc1-c1cccnc1)Nc1ccccc1. The van der Waals surface area contributed by atoms with E-state index in [1.807, 2.05) is 42.5 Å². The first-order chi connectivity index (χ1) is 10.8. The van der Waals surface area contributed by atoms with Gasteiger partial charge < -0.3 is 5.32 Å². The predicted octanol–water partition coefficient (Wildman–Crippen LogP) is 2.37. The Morgan fingerprint density at radius 1 is 1.14 bits per heavy atom. The zero-order valence-electron chi connectivity index (χ0n) is 11.9. The Balaban J connectivity index is 1.63. The third kappa shape index (κ3) is 3.35. The average Bonchev–Trinajstić information content (AvgIpc) is 3.03. The summed E-state index contributed by atoms with van der Waals surface area (Å²) in [6.45, 7) is 0.461. The number of hydrogen-bond donors (Lipinski definition) is 1. The molecule has 3 aromatic rings. The van der Waals surface area contributed by atoms with Gasteiger partial charge in [0.15, 0.2) is 5.82 Å². The van der Waals surface area contributed by atoms with E-state index in [0.717, 1.165) is 11.3 Å². The molecule has 0 aliphatic rings. The van der Waals surface area contributed by atoms with Crippen LogP contribution in [0, 0.1) is 0 Å². The normalized spacial score (nSPS) is 10.4. The van der Waals surface area contributed by atoms with Gasteiger partial charge in [-0.3, -0.25) is 9.78 Å². The van der Waals surface area contributed by atoms with Crippen LogP contribution in [0.15, 0.2) is 61.2 Å². The van der Waals surface area contributed by atoms with Crippen LogP contribution in [0.5, 0.6) is 0 Å². The number of para-hydroxylation sites is 1. The molecule has 2 heterocycles. The van der Waals surface area contributed by atoms with Crippen LogP contribution in [0.4, 0.5) is 5.69 Å². The van der Waals surface area contributed by atoms with Gasteiger partial charge in [0.25, 0.3) is 0 Å². The minimum atomic E-state index is -0.0566. The summed E-state index contributed by atoms with van der Waals surface area (Å²) in [4.78, 5) is 20.3. The maximum absolute atomic E-state index is 12.0. The van der Waals surface area contributed by atoms with E-state index in [9.17, 15) is 4.79 Å². The van der Waals surface area contributed by atoms with Crippen LogP contribution in [-0.2, 0) is 11.3 Å². The van der Waals surface area contributed by atoms with E-state index >= 15 is 0 Å². The molecule has 0 spiro atoms. The van der Waals surface area contributed by atoms with E-state index in [1.54, 1.807) is 17.1 Å². The highest BCUT2D eigenvalue weighted by Crippen LogP contribution is 2.14. The van der Waals surface area contributed by atoms with Crippen LogP contribution in [-0.4, -0.2) is 25.7 Å². The number of anilines is 1. The fourth-order valence-electron chi connectivity index (χ4n) is 2.10. The third-order valence-electron chi connectivity index (χ3n) is 3.14. The van der Waals surface area contributed by atoms with Gasteiger partial charge in [-0.15, -0.1) is 0 Å². The Labute approximate surface area is 127 Å². The summed E-state index contributed by atoms with van der Waals surface area (Å²) in [5.74, 6) is 0.652. The molecule has 0 aliphatic heterocycles. The molecule has 1 amide bonds. The van der Waals surface area contributed by atoms with Crippen LogP contribution < -0.4 is 5.32 Å². The lowest BCUT2D eigenvalue weighted by molar-refractivity contribution is -0.116. The average molecular weight is 293 g/mol. The van der Waals surface area contributed by atoms with Gasteiger partial charge in [-0.1, -0.05) is 18.2 Å². The van der Waals surface area contributed by atoms with E-state index < -0.39 is 0 Å². The standard InChI is InChI=1S/C16H15N5O/c22-15(20-14-6-2-1-3-7-14)8-10-21-16(18-12-19-21)13-5-4-9-17-11-13/h1-7,9,11-12H,8,10H2,(H,20,22). The van der Waals surface area contributed by atoms with Gasteiger partial charge in [-0.05, 0) is 24.3 Å². The Bertz CT molecular complexity index is 739. The number of hydrogen-bond acceptors (Lipinski definition) is 4. The van der Waals surface area contributed by atoms with Gasteiger partial charge in [0, 0.05) is 30.1 Å². The second-order valence-electron chi connectivity index (χ2n) is 4.71. The van der Waals surface area contributed by atoms with E-state index in [0.29, 0.717) is 18.8 Å². The number of benzene rings is 1. The van der Waals surface area contributed by atoms with Crippen LogP contribution in [0.25, 0.3) is 11.4 Å². The highest BCUT2D eigenvalue weighted by Gasteiger charge is 2.09. The first-order valence-corrected chi connectivity index (χ1v) is 6.96. The molecule has 6 heteroatoms. The van der Waals surface area contributed by atoms with Crippen LogP contribution >= 0.6 is 0 Å². The van der Waals surface area contributed by atoms with Crippen LogP contribution in [0.2, 0.25) is 0 Å². The quantitative estimate of drug-likeness (QED) is 0.784. The summed E-state index contributed by atoms with van der Waals surface area (Å²) in [7, 11) is 0. The van der Waals surface area contributed by atoms with Crippen molar-refractivity contribution in [3.05, 3.63) is 61.2 Å². The lowest BCUT2D eigenvalue weighted by Gasteiger charge is -2.07. The van der Waals surface area contributed by atoms with E-state index in [2.05, 4.69) is 20.4 Å². The zero-order valence-corrected chi connectivity index (χ0v) is 11.9. The minimum Gasteiger partial charge on any atom is -0.326 e. The van der Waals surface area contributed by atoms with Gasteiger partial charge in [0.2, 0.25) is 5.91 Å². The van der Waals surface area contributed by atoms with Crippen molar-refractivity contribution >= 4 is 11.6 Å². The maximum atomic E-state index is 12.0. The van der Waals surface area contributed by atoms with Crippen molar-refractivity contribution in [2.75, 3.05) is 5.32 Å². The molecular weight excluding hydrogens is 278 g/mol. The topological polar surface area (TPSA) is 72.7 Å². The Kier molecular flexibility index (Phi) is 4.20. The molecular formula is C16H15N5O. The van der Waals surface area contributed by atoms with Crippen molar-refractivity contribution in [3.8, 4) is 11.4 Å². The molecule has 110 valence electrons. The van der Waals surface area contributed by atoms with Gasteiger partial charge >= 0.3 is 0 Å². The van der Waals surface area contributed by atoms with E-state index in [-0.39, 0.29) is 5.91 Å². The molecule has 3 rings (SSSR count). The number of aromatic nitrogens is 4. The number of amides is 1. The number of carbonyl (C=O) groups is 1. The van der Waals surface area contributed by atoms with Crippen molar-refractivity contribution in [3.63, 3.8) is 0 Å². The first-order valence-electron chi connectivity index (χ1n) is 6.96. The zero-order chi connectivity index (χ0) is 15.2. The van der Waals surface area contributed by atoms with Gasteiger partial charge in [0.1, 0.15) is 6.33 Å². The molecule has 0 radical (unpaired) electrons. The monoisotopic (exact) mass is 293 g/mol. The molecule has 6 nitrogen and oxygen atoms in total. The van der Waals surface area contributed by atoms with Crippen LogP contribution in [0.3, 0.4) is 0 Å². The van der Waals surface area contributed by atoms with Crippen molar-refractivity contribution in [1.29, 1.82) is 0 Å². The number of pyridine rings is 1. The Hall–Kier alpha value is -3.02. The lowest BCUT2D eigenvalue weighted by Crippen LogP contribution is -2.15. The Morgan fingerprint density at radius 3 is 2.77 bits per heavy atom. The molecule has 0 aliphatic carbocycles. The number of rotatable bonds is 5. The van der Waals surface area contributed by atoms with E-state index in [4.69, 9.17) is 0 Å². The number of aryl methyl sites for hydroxylation is 1. The summed E-state index contributed by atoms with van der Waals surface area (Å²) in [6.07, 6.45) is 5.24. The second kappa shape index (κ2) is 6.62. The third-order valence-corrected chi connectivity index (χ3v) is 3.14. The summed E-state index contributed by atoms with van der Waals surface area (Å²) >= 11 is 0. The number of nitrogens with zero attached hydrogens (tertiary/aromatic N) is 4. The summed E-state index contributed by atoms with van der Waals surface area (Å²) in [5.41, 5.74) is 1.67.